The average molecular weight is 599 g/mol. The Morgan fingerprint density at radius 3 is 1.77 bits per heavy atom. The standard InChI is InChI=1S/C42H22N4O/c43-23-26-20-38(46-34-14-6-3-11-29(34)32-21-33-30-12-5-8-16-40(30)47-41(33)22-39(32)46)27(24-44)19-37(26)45-35-15-7-4-13-31(35)42-28-10-2-1-9-25(28)17-18-36(42)45/h1-22H. The second kappa shape index (κ2) is 9.34. The molecule has 0 saturated heterocycles. The topological polar surface area (TPSA) is 70.6 Å². The number of furan rings is 1. The quantitative estimate of drug-likeness (QED) is 0.199. The lowest BCUT2D eigenvalue weighted by molar-refractivity contribution is 0.669. The molecule has 3 aromatic heterocycles. The van der Waals surface area contributed by atoms with Gasteiger partial charge in [-0.3, -0.25) is 0 Å². The van der Waals surface area contributed by atoms with Crippen LogP contribution in [0.25, 0.3) is 87.7 Å². The monoisotopic (exact) mass is 598 g/mol. The van der Waals surface area contributed by atoms with E-state index < -0.39 is 0 Å². The van der Waals surface area contributed by atoms with Gasteiger partial charge in [0.15, 0.2) is 0 Å². The van der Waals surface area contributed by atoms with E-state index >= 15 is 0 Å². The predicted octanol–water partition coefficient (Wildman–Crippen LogP) is 10.7. The Labute approximate surface area is 267 Å². The van der Waals surface area contributed by atoms with Crippen molar-refractivity contribution in [3.05, 3.63) is 145 Å². The van der Waals surface area contributed by atoms with E-state index in [1.165, 1.54) is 0 Å². The van der Waals surface area contributed by atoms with Gasteiger partial charge in [-0.1, -0.05) is 84.9 Å². The summed E-state index contributed by atoms with van der Waals surface area (Å²) in [6.07, 6.45) is 0. The third-order valence-corrected chi connectivity index (χ3v) is 9.57. The minimum atomic E-state index is 0.470. The fourth-order valence-electron chi connectivity index (χ4n) is 7.57. The second-order valence-electron chi connectivity index (χ2n) is 12.0. The van der Waals surface area contributed by atoms with Crippen LogP contribution in [0, 0.1) is 22.7 Å². The average Bonchev–Trinajstić information content (AvgIpc) is 3.77. The molecule has 0 aliphatic carbocycles. The summed E-state index contributed by atoms with van der Waals surface area (Å²) < 4.78 is 10.5. The summed E-state index contributed by atoms with van der Waals surface area (Å²) in [6.45, 7) is 0. The molecule has 5 heteroatoms. The molecule has 0 amide bonds. The smallest absolute Gasteiger partial charge is 0.137 e. The molecule has 0 aliphatic rings. The Hall–Kier alpha value is -6.82. The highest BCUT2D eigenvalue weighted by molar-refractivity contribution is 6.21. The molecule has 0 atom stereocenters. The van der Waals surface area contributed by atoms with Crippen LogP contribution in [0.4, 0.5) is 0 Å². The van der Waals surface area contributed by atoms with E-state index in [0.29, 0.717) is 22.5 Å². The lowest BCUT2D eigenvalue weighted by atomic mass is 10.0. The molecule has 7 aromatic carbocycles. The zero-order valence-electron chi connectivity index (χ0n) is 24.9. The van der Waals surface area contributed by atoms with Crippen LogP contribution in [-0.2, 0) is 0 Å². The van der Waals surface area contributed by atoms with E-state index in [2.05, 4.69) is 94.1 Å². The summed E-state index contributed by atoms with van der Waals surface area (Å²) in [5, 5.41) is 30.2. The van der Waals surface area contributed by atoms with Crippen LogP contribution in [0.2, 0.25) is 0 Å². The summed E-state index contributed by atoms with van der Waals surface area (Å²) in [5.41, 5.74) is 7.72. The molecular weight excluding hydrogens is 576 g/mol. The first-order chi connectivity index (χ1) is 23.2. The highest BCUT2D eigenvalue weighted by Crippen LogP contribution is 2.41. The SMILES string of the molecule is N#Cc1cc(-n2c3ccccc3c3c4ccccc4ccc32)c(C#N)cc1-n1c2ccccc2c2cc3c(cc21)oc1ccccc13. The van der Waals surface area contributed by atoms with Gasteiger partial charge in [0.05, 0.1) is 44.6 Å². The molecule has 0 radical (unpaired) electrons. The van der Waals surface area contributed by atoms with Gasteiger partial charge in [-0.05, 0) is 53.2 Å². The number of hydrogen-bond donors (Lipinski definition) is 0. The van der Waals surface area contributed by atoms with Gasteiger partial charge in [0.2, 0.25) is 0 Å². The number of benzene rings is 7. The third kappa shape index (κ3) is 3.40. The molecule has 0 bridgehead atoms. The fourth-order valence-corrected chi connectivity index (χ4v) is 7.57. The van der Waals surface area contributed by atoms with E-state index in [-0.39, 0.29) is 0 Å². The van der Waals surface area contributed by atoms with Gasteiger partial charge in [0.1, 0.15) is 23.3 Å². The molecule has 0 unspecified atom stereocenters. The zero-order chi connectivity index (χ0) is 31.2. The minimum absolute atomic E-state index is 0.470. The van der Waals surface area contributed by atoms with E-state index in [1.54, 1.807) is 0 Å². The predicted molar refractivity (Wildman–Crippen MR) is 189 cm³/mol. The van der Waals surface area contributed by atoms with Gasteiger partial charge >= 0.3 is 0 Å². The van der Waals surface area contributed by atoms with Crippen molar-refractivity contribution in [1.29, 1.82) is 10.5 Å². The van der Waals surface area contributed by atoms with Crippen LogP contribution in [0.1, 0.15) is 11.1 Å². The van der Waals surface area contributed by atoms with Crippen LogP contribution in [0.3, 0.4) is 0 Å². The maximum absolute atomic E-state index is 10.7. The van der Waals surface area contributed by atoms with E-state index in [1.807, 2.05) is 60.7 Å². The highest BCUT2D eigenvalue weighted by Gasteiger charge is 2.22. The number of hydrogen-bond acceptors (Lipinski definition) is 3. The van der Waals surface area contributed by atoms with E-state index in [9.17, 15) is 10.5 Å². The maximum Gasteiger partial charge on any atom is 0.137 e. The van der Waals surface area contributed by atoms with Gasteiger partial charge in [0.25, 0.3) is 0 Å². The first-order valence-corrected chi connectivity index (χ1v) is 15.5. The lowest BCUT2D eigenvalue weighted by Gasteiger charge is -2.15. The molecule has 0 aliphatic heterocycles. The highest BCUT2D eigenvalue weighted by atomic mass is 16.3. The lowest BCUT2D eigenvalue weighted by Crippen LogP contribution is -2.04. The molecule has 0 fully saturated rings. The Bertz CT molecular complexity index is 3050. The van der Waals surface area contributed by atoms with Crippen molar-refractivity contribution in [1.82, 2.24) is 9.13 Å². The maximum atomic E-state index is 10.7. The molecule has 10 aromatic rings. The minimum Gasteiger partial charge on any atom is -0.456 e. The Balaban J connectivity index is 1.30. The molecule has 10 rings (SSSR count). The summed E-state index contributed by atoms with van der Waals surface area (Å²) in [7, 11) is 0. The molecule has 0 N–H and O–H groups in total. The number of fused-ring (bicyclic) bond motifs is 11. The van der Waals surface area contributed by atoms with Crippen LogP contribution in [-0.4, -0.2) is 9.13 Å². The Morgan fingerprint density at radius 2 is 1.02 bits per heavy atom. The molecule has 0 spiro atoms. The number of para-hydroxylation sites is 3. The van der Waals surface area contributed by atoms with Gasteiger partial charge < -0.3 is 13.6 Å². The Kier molecular flexibility index (Phi) is 5.07. The molecule has 5 nitrogen and oxygen atoms in total. The van der Waals surface area contributed by atoms with Crippen molar-refractivity contribution in [3.63, 3.8) is 0 Å². The van der Waals surface area contributed by atoms with Crippen molar-refractivity contribution in [2.45, 2.75) is 0 Å². The fraction of sp³-hybridized carbons (Fsp3) is 0. The van der Waals surface area contributed by atoms with Crippen molar-refractivity contribution in [3.8, 4) is 23.5 Å². The van der Waals surface area contributed by atoms with Gasteiger partial charge in [-0.25, -0.2) is 0 Å². The number of aromatic nitrogens is 2. The van der Waals surface area contributed by atoms with Crippen molar-refractivity contribution in [2.75, 3.05) is 0 Å². The molecule has 0 saturated carbocycles. The number of nitrogens with zero attached hydrogens (tertiary/aromatic N) is 4. The van der Waals surface area contributed by atoms with Crippen LogP contribution in [0.15, 0.2) is 138 Å². The molecule has 47 heavy (non-hydrogen) atoms. The molecule has 216 valence electrons. The summed E-state index contributed by atoms with van der Waals surface area (Å²) >= 11 is 0. The van der Waals surface area contributed by atoms with Gasteiger partial charge in [-0.15, -0.1) is 0 Å². The second-order valence-corrected chi connectivity index (χ2v) is 12.0. The first kappa shape index (κ1) is 25.5. The van der Waals surface area contributed by atoms with Crippen molar-refractivity contribution >= 4 is 76.3 Å². The number of rotatable bonds is 2. The summed E-state index contributed by atoms with van der Waals surface area (Å²) in [6, 6.07) is 50.1. The molecule has 3 heterocycles. The summed E-state index contributed by atoms with van der Waals surface area (Å²) in [5.74, 6) is 0. The molecular formula is C42H22N4O. The van der Waals surface area contributed by atoms with Crippen molar-refractivity contribution in [2.24, 2.45) is 0 Å². The normalized spacial score (nSPS) is 11.8. The van der Waals surface area contributed by atoms with Crippen molar-refractivity contribution < 1.29 is 4.42 Å². The van der Waals surface area contributed by atoms with Gasteiger partial charge in [0, 0.05) is 38.4 Å². The third-order valence-electron chi connectivity index (χ3n) is 9.57. The van der Waals surface area contributed by atoms with E-state index in [4.69, 9.17) is 4.42 Å². The first-order valence-electron chi connectivity index (χ1n) is 15.5. The number of nitriles is 2. The van der Waals surface area contributed by atoms with Crippen LogP contribution >= 0.6 is 0 Å². The van der Waals surface area contributed by atoms with Gasteiger partial charge in [-0.2, -0.15) is 10.5 Å². The Morgan fingerprint density at radius 1 is 0.426 bits per heavy atom. The van der Waals surface area contributed by atoms with E-state index in [0.717, 1.165) is 76.3 Å². The largest absolute Gasteiger partial charge is 0.456 e. The van der Waals surface area contributed by atoms with Crippen LogP contribution in [0.5, 0.6) is 0 Å². The summed E-state index contributed by atoms with van der Waals surface area (Å²) in [4.78, 5) is 0. The zero-order valence-corrected chi connectivity index (χ0v) is 24.9. The van der Waals surface area contributed by atoms with Crippen LogP contribution < -0.4 is 0 Å².